The van der Waals surface area contributed by atoms with Crippen LogP contribution in [0.4, 0.5) is 0 Å². The minimum atomic E-state index is 0.312. The molecule has 0 spiro atoms. The Kier molecular flexibility index (Phi) is 5.56. The van der Waals surface area contributed by atoms with Gasteiger partial charge >= 0.3 is 0 Å². The summed E-state index contributed by atoms with van der Waals surface area (Å²) in [5.41, 5.74) is 0.312. The average Bonchev–Trinajstić information content (AvgIpc) is 1.96. The van der Waals surface area contributed by atoms with Gasteiger partial charge in [0.2, 0.25) is 0 Å². The van der Waals surface area contributed by atoms with Crippen LogP contribution in [0.15, 0.2) is 0 Å². The maximum Gasteiger partial charge on any atom is 0.0514 e. The normalized spacial score (nSPS) is 12.5. The highest BCUT2D eigenvalue weighted by Gasteiger charge is 2.11. The fourth-order valence-electron chi connectivity index (χ4n) is 1.06. The third-order valence-corrected chi connectivity index (χ3v) is 2.04. The summed E-state index contributed by atoms with van der Waals surface area (Å²) in [5, 5.41) is 0. The average molecular weight is 172 g/mol. The second-order valence-corrected chi connectivity index (χ2v) is 4.76. The molecule has 0 aromatic heterocycles. The molecule has 0 aliphatic heterocycles. The molecular weight excluding hydrogens is 148 g/mol. The maximum absolute atomic E-state index is 5.64. The van der Waals surface area contributed by atoms with Gasteiger partial charge in [-0.1, -0.05) is 47.5 Å². The fourth-order valence-corrected chi connectivity index (χ4v) is 1.06. The van der Waals surface area contributed by atoms with Gasteiger partial charge in [-0.3, -0.25) is 0 Å². The number of hydrogen-bond acceptors (Lipinski definition) is 1. The first-order chi connectivity index (χ1) is 5.49. The molecular formula is C11H24O. The van der Waals surface area contributed by atoms with Crippen molar-refractivity contribution in [2.45, 2.75) is 47.5 Å². The van der Waals surface area contributed by atoms with E-state index in [1.807, 2.05) is 0 Å². The number of ether oxygens (including phenoxy) is 1. The van der Waals surface area contributed by atoms with Crippen molar-refractivity contribution >= 4 is 0 Å². The van der Waals surface area contributed by atoms with Crippen molar-refractivity contribution in [1.82, 2.24) is 0 Å². The summed E-state index contributed by atoms with van der Waals surface area (Å²) < 4.78 is 5.64. The van der Waals surface area contributed by atoms with Crippen molar-refractivity contribution in [3.8, 4) is 0 Å². The van der Waals surface area contributed by atoms with Gasteiger partial charge in [0.25, 0.3) is 0 Å². The lowest BCUT2D eigenvalue weighted by molar-refractivity contribution is 0.0458. The van der Waals surface area contributed by atoms with Crippen LogP contribution < -0.4 is 0 Å². The Hall–Kier alpha value is -0.0400. The fraction of sp³-hybridized carbons (Fsp3) is 1.00. The molecule has 1 nitrogen and oxygen atoms in total. The summed E-state index contributed by atoms with van der Waals surface area (Å²) in [6.45, 7) is 12.9. The Morgan fingerprint density at radius 3 is 1.92 bits per heavy atom. The van der Waals surface area contributed by atoms with Crippen LogP contribution in [0.3, 0.4) is 0 Å². The molecule has 0 aliphatic carbocycles. The zero-order chi connectivity index (χ0) is 9.61. The van der Waals surface area contributed by atoms with E-state index < -0.39 is 0 Å². The summed E-state index contributed by atoms with van der Waals surface area (Å²) >= 11 is 0. The molecule has 0 heterocycles. The molecule has 0 radical (unpaired) electrons. The van der Waals surface area contributed by atoms with Crippen molar-refractivity contribution in [3.63, 3.8) is 0 Å². The molecule has 0 saturated carbocycles. The van der Waals surface area contributed by atoms with Gasteiger partial charge in [0.05, 0.1) is 6.61 Å². The zero-order valence-corrected chi connectivity index (χ0v) is 9.31. The van der Waals surface area contributed by atoms with Gasteiger partial charge in [0.15, 0.2) is 0 Å². The van der Waals surface area contributed by atoms with Crippen molar-refractivity contribution < 1.29 is 4.74 Å². The van der Waals surface area contributed by atoms with E-state index >= 15 is 0 Å². The minimum absolute atomic E-state index is 0.312. The Balaban J connectivity index is 3.41. The Bertz CT molecular complexity index is 98.1. The highest BCUT2D eigenvalue weighted by molar-refractivity contribution is 4.60. The molecule has 0 aromatic rings. The van der Waals surface area contributed by atoms with E-state index in [0.717, 1.165) is 19.1 Å². The van der Waals surface area contributed by atoms with Gasteiger partial charge in [-0.25, -0.2) is 0 Å². The quantitative estimate of drug-likeness (QED) is 0.617. The molecule has 0 N–H and O–H groups in total. The van der Waals surface area contributed by atoms with E-state index in [1.165, 1.54) is 12.8 Å². The highest BCUT2D eigenvalue weighted by Crippen LogP contribution is 2.15. The van der Waals surface area contributed by atoms with E-state index in [0.29, 0.717) is 5.41 Å². The van der Waals surface area contributed by atoms with Crippen LogP contribution in [0.2, 0.25) is 0 Å². The van der Waals surface area contributed by atoms with E-state index in [4.69, 9.17) is 4.74 Å². The van der Waals surface area contributed by atoms with E-state index in [1.54, 1.807) is 0 Å². The molecule has 1 heteroatoms. The Labute approximate surface area is 77.5 Å². The molecule has 0 amide bonds. The van der Waals surface area contributed by atoms with Gasteiger partial charge in [-0.05, 0) is 11.3 Å². The largest absolute Gasteiger partial charge is 0.381 e. The Morgan fingerprint density at radius 1 is 1.08 bits per heavy atom. The molecule has 0 atom stereocenters. The van der Waals surface area contributed by atoms with Gasteiger partial charge in [0.1, 0.15) is 0 Å². The summed E-state index contributed by atoms with van der Waals surface area (Å²) in [4.78, 5) is 0. The van der Waals surface area contributed by atoms with Crippen molar-refractivity contribution in [3.05, 3.63) is 0 Å². The highest BCUT2D eigenvalue weighted by atomic mass is 16.5. The third-order valence-electron chi connectivity index (χ3n) is 2.04. The molecule has 74 valence electrons. The van der Waals surface area contributed by atoms with Crippen LogP contribution in [0.1, 0.15) is 47.5 Å². The number of hydrogen-bond donors (Lipinski definition) is 0. The standard InChI is InChI=1S/C11H24O/c1-6-10(7-2)8-12-9-11(3,4)5/h10H,6-9H2,1-5H3. The van der Waals surface area contributed by atoms with Crippen molar-refractivity contribution in [2.75, 3.05) is 13.2 Å². The summed E-state index contributed by atoms with van der Waals surface area (Å²) in [5.74, 6) is 0.757. The molecule has 0 rings (SSSR count). The molecule has 12 heavy (non-hydrogen) atoms. The van der Waals surface area contributed by atoms with Gasteiger partial charge in [-0.2, -0.15) is 0 Å². The third kappa shape index (κ3) is 6.66. The Morgan fingerprint density at radius 2 is 1.58 bits per heavy atom. The smallest absolute Gasteiger partial charge is 0.0514 e. The van der Waals surface area contributed by atoms with E-state index in [9.17, 15) is 0 Å². The molecule has 0 aliphatic rings. The summed E-state index contributed by atoms with van der Waals surface area (Å²) in [6, 6.07) is 0. The molecule has 0 unspecified atom stereocenters. The van der Waals surface area contributed by atoms with Gasteiger partial charge in [-0.15, -0.1) is 0 Å². The first kappa shape index (κ1) is 12.0. The lowest BCUT2D eigenvalue weighted by Gasteiger charge is -2.20. The van der Waals surface area contributed by atoms with Crippen LogP contribution in [-0.4, -0.2) is 13.2 Å². The van der Waals surface area contributed by atoms with Gasteiger partial charge in [0, 0.05) is 6.61 Å². The minimum Gasteiger partial charge on any atom is -0.381 e. The van der Waals surface area contributed by atoms with Crippen LogP contribution in [0.5, 0.6) is 0 Å². The molecule has 0 aromatic carbocycles. The lowest BCUT2D eigenvalue weighted by atomic mass is 9.98. The second kappa shape index (κ2) is 5.58. The van der Waals surface area contributed by atoms with Crippen molar-refractivity contribution in [1.29, 1.82) is 0 Å². The number of rotatable bonds is 5. The maximum atomic E-state index is 5.64. The monoisotopic (exact) mass is 172 g/mol. The van der Waals surface area contributed by atoms with Crippen LogP contribution in [-0.2, 0) is 4.74 Å². The topological polar surface area (TPSA) is 9.23 Å². The first-order valence-corrected chi connectivity index (χ1v) is 5.07. The summed E-state index contributed by atoms with van der Waals surface area (Å²) in [7, 11) is 0. The molecule has 0 fully saturated rings. The summed E-state index contributed by atoms with van der Waals surface area (Å²) in [6.07, 6.45) is 2.47. The van der Waals surface area contributed by atoms with Crippen LogP contribution in [0.25, 0.3) is 0 Å². The van der Waals surface area contributed by atoms with E-state index in [-0.39, 0.29) is 0 Å². The van der Waals surface area contributed by atoms with Crippen LogP contribution in [0, 0.1) is 11.3 Å². The van der Waals surface area contributed by atoms with Gasteiger partial charge < -0.3 is 4.74 Å². The van der Waals surface area contributed by atoms with Crippen LogP contribution >= 0.6 is 0 Å². The predicted octanol–water partition coefficient (Wildman–Crippen LogP) is 3.49. The van der Waals surface area contributed by atoms with Crippen molar-refractivity contribution in [2.24, 2.45) is 11.3 Å². The SMILES string of the molecule is CCC(CC)COCC(C)(C)C. The van der Waals surface area contributed by atoms with E-state index in [2.05, 4.69) is 34.6 Å². The zero-order valence-electron chi connectivity index (χ0n) is 9.31. The molecule has 0 saturated heterocycles. The molecule has 0 bridgehead atoms. The second-order valence-electron chi connectivity index (χ2n) is 4.76. The first-order valence-electron chi connectivity index (χ1n) is 5.07. The lowest BCUT2D eigenvalue weighted by Crippen LogP contribution is -2.18. The predicted molar refractivity (Wildman–Crippen MR) is 54.3 cm³/mol.